The summed E-state index contributed by atoms with van der Waals surface area (Å²) in [5.41, 5.74) is 3.47. The van der Waals surface area contributed by atoms with Crippen LogP contribution in [0, 0.1) is 13.8 Å². The van der Waals surface area contributed by atoms with Gasteiger partial charge in [-0.2, -0.15) is 0 Å². The van der Waals surface area contributed by atoms with Crippen LogP contribution >= 0.6 is 0 Å². The fourth-order valence-electron chi connectivity index (χ4n) is 2.74. The van der Waals surface area contributed by atoms with Crippen molar-refractivity contribution >= 4 is 21.6 Å². The zero-order chi connectivity index (χ0) is 20.7. The fraction of sp³-hybridized carbons (Fsp3) is 0.381. The summed E-state index contributed by atoms with van der Waals surface area (Å²) in [7, 11) is -3.59. The van der Waals surface area contributed by atoms with Gasteiger partial charge in [0.1, 0.15) is 18.9 Å². The number of hydrogen-bond acceptors (Lipinski definition) is 4. The Balaban J connectivity index is 1.92. The molecule has 0 unspecified atom stereocenters. The Hall–Kier alpha value is -2.54. The van der Waals surface area contributed by atoms with Gasteiger partial charge in [-0.05, 0) is 55.2 Å². The van der Waals surface area contributed by atoms with Gasteiger partial charge >= 0.3 is 0 Å². The highest BCUT2D eigenvalue weighted by Crippen LogP contribution is 2.23. The molecular weight excluding hydrogens is 376 g/mol. The van der Waals surface area contributed by atoms with E-state index in [0.29, 0.717) is 18.8 Å². The Kier molecular flexibility index (Phi) is 7.45. The smallest absolute Gasteiger partial charge is 0.240 e. The van der Waals surface area contributed by atoms with Crippen molar-refractivity contribution in [2.24, 2.45) is 0 Å². The molecule has 0 aliphatic heterocycles. The number of nitrogens with one attached hydrogen (secondary N) is 1. The summed E-state index contributed by atoms with van der Waals surface area (Å²) in [4.78, 5) is 12.3. The van der Waals surface area contributed by atoms with E-state index in [2.05, 4.69) is 12.2 Å². The molecular formula is C21H28N2O4S. The third-order valence-corrected chi connectivity index (χ3v) is 5.47. The van der Waals surface area contributed by atoms with Gasteiger partial charge in [-0.15, -0.1) is 0 Å². The maximum atomic E-state index is 12.3. The summed E-state index contributed by atoms with van der Waals surface area (Å²) in [5, 5.41) is 2.71. The lowest BCUT2D eigenvalue weighted by molar-refractivity contribution is -0.119. The summed E-state index contributed by atoms with van der Waals surface area (Å²) >= 11 is 0. The topological polar surface area (TPSA) is 75.7 Å². The number of sulfonamides is 1. The minimum absolute atomic E-state index is 0.270. The predicted molar refractivity (Wildman–Crippen MR) is 112 cm³/mol. The molecule has 0 atom stereocenters. The number of aryl methyl sites for hydroxylation is 3. The lowest BCUT2D eigenvalue weighted by Gasteiger charge is -2.24. The van der Waals surface area contributed by atoms with Crippen LogP contribution in [-0.2, 0) is 21.2 Å². The minimum Gasteiger partial charge on any atom is -0.492 e. The van der Waals surface area contributed by atoms with Gasteiger partial charge in [0.15, 0.2) is 0 Å². The quantitative estimate of drug-likeness (QED) is 0.652. The molecule has 1 amide bonds. The van der Waals surface area contributed by atoms with Crippen LogP contribution in [0.5, 0.6) is 5.75 Å². The highest BCUT2D eigenvalue weighted by Gasteiger charge is 2.22. The lowest BCUT2D eigenvalue weighted by Crippen LogP contribution is -2.41. The predicted octanol–water partition coefficient (Wildman–Crippen LogP) is 2.83. The fourth-order valence-corrected chi connectivity index (χ4v) is 3.64. The SMILES string of the molecule is CCc1ccc(OCCNC(=O)CN(c2cc(C)ccc2C)S(C)(=O)=O)cc1. The molecule has 0 bridgehead atoms. The van der Waals surface area contributed by atoms with Crippen LogP contribution in [0.1, 0.15) is 23.6 Å². The van der Waals surface area contributed by atoms with E-state index in [1.165, 1.54) is 5.56 Å². The summed E-state index contributed by atoms with van der Waals surface area (Å²) in [6.45, 7) is 6.12. The second-order valence-electron chi connectivity index (χ2n) is 6.76. The molecule has 0 radical (unpaired) electrons. The van der Waals surface area contributed by atoms with E-state index in [4.69, 9.17) is 4.74 Å². The number of carbonyl (C=O) groups is 1. The van der Waals surface area contributed by atoms with E-state index in [9.17, 15) is 13.2 Å². The first-order chi connectivity index (χ1) is 13.2. The number of ether oxygens (including phenoxy) is 1. The van der Waals surface area contributed by atoms with Crippen molar-refractivity contribution in [3.63, 3.8) is 0 Å². The number of hydrogen-bond donors (Lipinski definition) is 1. The van der Waals surface area contributed by atoms with Crippen LogP contribution in [-0.4, -0.2) is 40.3 Å². The van der Waals surface area contributed by atoms with E-state index >= 15 is 0 Å². The molecule has 0 aliphatic carbocycles. The number of anilines is 1. The van der Waals surface area contributed by atoms with E-state index in [0.717, 1.165) is 33.9 Å². The van der Waals surface area contributed by atoms with Gasteiger partial charge in [-0.3, -0.25) is 9.10 Å². The first-order valence-corrected chi connectivity index (χ1v) is 11.1. The van der Waals surface area contributed by atoms with Crippen molar-refractivity contribution in [2.75, 3.05) is 30.3 Å². The second-order valence-corrected chi connectivity index (χ2v) is 8.66. The molecule has 0 heterocycles. The van der Waals surface area contributed by atoms with Crippen LogP contribution in [0.2, 0.25) is 0 Å². The maximum Gasteiger partial charge on any atom is 0.240 e. The molecule has 0 aliphatic rings. The maximum absolute atomic E-state index is 12.3. The van der Waals surface area contributed by atoms with Crippen molar-refractivity contribution in [1.82, 2.24) is 5.32 Å². The van der Waals surface area contributed by atoms with Gasteiger partial charge in [0, 0.05) is 0 Å². The van der Waals surface area contributed by atoms with Gasteiger partial charge in [-0.1, -0.05) is 31.2 Å². The Morgan fingerprint density at radius 2 is 1.79 bits per heavy atom. The lowest BCUT2D eigenvalue weighted by atomic mass is 10.1. The molecule has 2 rings (SSSR count). The molecule has 2 aromatic rings. The van der Waals surface area contributed by atoms with Gasteiger partial charge in [0.2, 0.25) is 15.9 Å². The van der Waals surface area contributed by atoms with Gasteiger partial charge in [0.05, 0.1) is 18.5 Å². The summed E-state index contributed by atoms with van der Waals surface area (Å²) in [5.74, 6) is 0.357. The van der Waals surface area contributed by atoms with Crippen LogP contribution < -0.4 is 14.4 Å². The summed E-state index contributed by atoms with van der Waals surface area (Å²) in [6, 6.07) is 13.3. The van der Waals surface area contributed by atoms with Crippen LogP contribution in [0.15, 0.2) is 42.5 Å². The molecule has 152 valence electrons. The van der Waals surface area contributed by atoms with Crippen molar-refractivity contribution in [3.05, 3.63) is 59.2 Å². The average Bonchev–Trinajstić information content (AvgIpc) is 2.65. The van der Waals surface area contributed by atoms with Crippen molar-refractivity contribution < 1.29 is 17.9 Å². The number of carbonyl (C=O) groups excluding carboxylic acids is 1. The standard InChI is InChI=1S/C21H28N2O4S/c1-5-18-8-10-19(11-9-18)27-13-12-22-21(24)15-23(28(4,25)26)20-14-16(2)6-7-17(20)3/h6-11,14H,5,12-13,15H2,1-4H3,(H,22,24). The first kappa shape index (κ1) is 21.8. The molecule has 0 saturated carbocycles. The monoisotopic (exact) mass is 404 g/mol. The molecule has 0 saturated heterocycles. The molecule has 28 heavy (non-hydrogen) atoms. The van der Waals surface area contributed by atoms with Crippen LogP contribution in [0.3, 0.4) is 0 Å². The summed E-state index contributed by atoms with van der Waals surface area (Å²) in [6.07, 6.45) is 2.07. The Labute approximate surface area is 167 Å². The highest BCUT2D eigenvalue weighted by atomic mass is 32.2. The zero-order valence-corrected chi connectivity index (χ0v) is 17.7. The number of rotatable bonds is 9. The largest absolute Gasteiger partial charge is 0.492 e. The first-order valence-electron chi connectivity index (χ1n) is 9.24. The second kappa shape index (κ2) is 9.59. The number of nitrogens with zero attached hydrogens (tertiary/aromatic N) is 1. The van der Waals surface area contributed by atoms with Gasteiger partial charge in [-0.25, -0.2) is 8.42 Å². The molecule has 6 nitrogen and oxygen atoms in total. The third kappa shape index (κ3) is 6.27. The molecule has 0 aromatic heterocycles. The van der Waals surface area contributed by atoms with Crippen molar-refractivity contribution in [2.45, 2.75) is 27.2 Å². The van der Waals surface area contributed by atoms with E-state index < -0.39 is 10.0 Å². The Morgan fingerprint density at radius 1 is 1.11 bits per heavy atom. The number of amides is 1. The zero-order valence-electron chi connectivity index (χ0n) is 16.9. The third-order valence-electron chi connectivity index (χ3n) is 4.35. The van der Waals surface area contributed by atoms with Crippen molar-refractivity contribution in [3.8, 4) is 5.75 Å². The Bertz CT molecular complexity index is 909. The molecule has 1 N–H and O–H groups in total. The molecule has 2 aromatic carbocycles. The molecule has 0 fully saturated rings. The Morgan fingerprint density at radius 3 is 2.39 bits per heavy atom. The van der Waals surface area contributed by atoms with Gasteiger partial charge in [0.25, 0.3) is 0 Å². The normalized spacial score (nSPS) is 11.1. The van der Waals surface area contributed by atoms with E-state index in [1.54, 1.807) is 6.07 Å². The van der Waals surface area contributed by atoms with Gasteiger partial charge < -0.3 is 10.1 Å². The van der Waals surface area contributed by atoms with E-state index in [1.807, 2.05) is 50.2 Å². The van der Waals surface area contributed by atoms with Crippen LogP contribution in [0.4, 0.5) is 5.69 Å². The molecule has 0 spiro atoms. The highest BCUT2D eigenvalue weighted by molar-refractivity contribution is 7.92. The summed E-state index contributed by atoms with van der Waals surface area (Å²) < 4.78 is 31.2. The van der Waals surface area contributed by atoms with Crippen LogP contribution in [0.25, 0.3) is 0 Å². The average molecular weight is 405 g/mol. The van der Waals surface area contributed by atoms with E-state index in [-0.39, 0.29) is 12.5 Å². The number of benzene rings is 2. The van der Waals surface area contributed by atoms with Crippen molar-refractivity contribution in [1.29, 1.82) is 0 Å². The minimum atomic E-state index is -3.59. The molecule has 7 heteroatoms.